The molecular formula is C15H17FN4O3. The molecule has 1 aromatic heterocycles. The van der Waals surface area contributed by atoms with E-state index in [1.54, 1.807) is 16.8 Å². The molecule has 0 fully saturated rings. The predicted molar refractivity (Wildman–Crippen MR) is 78.9 cm³/mol. The summed E-state index contributed by atoms with van der Waals surface area (Å²) in [6.07, 6.45) is -0.189. The zero-order chi connectivity index (χ0) is 16.2. The molecule has 1 aliphatic rings. The number of fused-ring (bicyclic) bond motifs is 1. The van der Waals surface area contributed by atoms with Crippen LogP contribution in [0.5, 0.6) is 0 Å². The zero-order valence-electron chi connectivity index (χ0n) is 12.7. The Bertz CT molecular complexity index is 704. The van der Waals surface area contributed by atoms with Crippen molar-refractivity contribution in [2.75, 3.05) is 20.3 Å². The van der Waals surface area contributed by atoms with Gasteiger partial charge in [0.25, 0.3) is 0 Å². The highest BCUT2D eigenvalue weighted by molar-refractivity contribution is 5.77. The Morgan fingerprint density at radius 3 is 3.22 bits per heavy atom. The first kappa shape index (κ1) is 15.6. The summed E-state index contributed by atoms with van der Waals surface area (Å²) in [5.74, 6) is -0.513. The van der Waals surface area contributed by atoms with E-state index < -0.39 is 0 Å². The van der Waals surface area contributed by atoms with Crippen LogP contribution < -0.4 is 5.32 Å². The molecule has 1 N–H and O–H groups in total. The number of aromatic nitrogens is 3. The Hall–Kier alpha value is -2.32. The van der Waals surface area contributed by atoms with Gasteiger partial charge in [0.15, 0.2) is 0 Å². The fourth-order valence-corrected chi connectivity index (χ4v) is 2.46. The number of carbonyl (C=O) groups is 1. The van der Waals surface area contributed by atoms with E-state index in [2.05, 4.69) is 15.6 Å². The molecule has 1 atom stereocenters. The number of rotatable bonds is 5. The topological polar surface area (TPSA) is 78.3 Å². The van der Waals surface area contributed by atoms with Crippen LogP contribution in [0.15, 0.2) is 24.3 Å². The fourth-order valence-electron chi connectivity index (χ4n) is 2.46. The number of amides is 1. The number of hydrogen-bond donors (Lipinski definition) is 1. The second-order valence-corrected chi connectivity index (χ2v) is 5.25. The molecule has 122 valence electrons. The molecule has 1 amide bonds. The van der Waals surface area contributed by atoms with Crippen LogP contribution in [0.2, 0.25) is 0 Å². The van der Waals surface area contributed by atoms with Gasteiger partial charge in [-0.25, -0.2) is 9.07 Å². The van der Waals surface area contributed by atoms with E-state index in [0.717, 1.165) is 5.69 Å². The lowest BCUT2D eigenvalue weighted by atomic mass is 10.1. The van der Waals surface area contributed by atoms with Gasteiger partial charge in [-0.1, -0.05) is 17.3 Å². The van der Waals surface area contributed by atoms with E-state index in [4.69, 9.17) is 9.47 Å². The van der Waals surface area contributed by atoms with Crippen LogP contribution in [0, 0.1) is 5.82 Å². The lowest BCUT2D eigenvalue weighted by Gasteiger charge is -2.24. The maximum atomic E-state index is 13.4. The van der Waals surface area contributed by atoms with Crippen molar-refractivity contribution in [1.82, 2.24) is 20.3 Å². The summed E-state index contributed by atoms with van der Waals surface area (Å²) in [5, 5.41) is 11.0. The molecule has 3 rings (SSSR count). The largest absolute Gasteiger partial charge is 0.375 e. The van der Waals surface area contributed by atoms with Crippen molar-refractivity contribution in [3.05, 3.63) is 35.8 Å². The van der Waals surface area contributed by atoms with E-state index in [9.17, 15) is 9.18 Å². The smallest absolute Gasteiger partial charge is 0.246 e. The number of methoxy groups -OCH3 is 1. The molecule has 2 aromatic rings. The molecule has 2 heterocycles. The highest BCUT2D eigenvalue weighted by Crippen LogP contribution is 2.25. The first-order valence-electron chi connectivity index (χ1n) is 7.23. The average Bonchev–Trinajstić information content (AvgIpc) is 2.96. The van der Waals surface area contributed by atoms with Gasteiger partial charge in [0, 0.05) is 19.2 Å². The summed E-state index contributed by atoms with van der Waals surface area (Å²) in [7, 11) is 1.46. The van der Waals surface area contributed by atoms with Gasteiger partial charge in [-0.3, -0.25) is 4.79 Å². The third-order valence-electron chi connectivity index (χ3n) is 3.57. The Balaban J connectivity index is 1.68. The summed E-state index contributed by atoms with van der Waals surface area (Å²) < 4.78 is 25.6. The van der Waals surface area contributed by atoms with Crippen LogP contribution in [0.25, 0.3) is 11.3 Å². The fraction of sp³-hybridized carbons (Fsp3) is 0.400. The van der Waals surface area contributed by atoms with Gasteiger partial charge in [-0.15, -0.1) is 5.10 Å². The van der Waals surface area contributed by atoms with Crippen LogP contribution in [0.4, 0.5) is 4.39 Å². The minimum atomic E-state index is -0.320. The first-order chi connectivity index (χ1) is 11.2. The molecule has 0 aliphatic carbocycles. The lowest BCUT2D eigenvalue weighted by molar-refractivity contribution is -0.125. The SMILES string of the molecule is COCC(=O)NC[C@@H]1Cn2nnc(-c3cccc(F)c3)c2CO1. The van der Waals surface area contributed by atoms with Crippen molar-refractivity contribution in [2.45, 2.75) is 19.3 Å². The maximum Gasteiger partial charge on any atom is 0.246 e. The van der Waals surface area contributed by atoms with Crippen LogP contribution in [-0.4, -0.2) is 47.3 Å². The van der Waals surface area contributed by atoms with Gasteiger partial charge in [0.05, 0.1) is 24.9 Å². The summed E-state index contributed by atoms with van der Waals surface area (Å²) >= 11 is 0. The van der Waals surface area contributed by atoms with E-state index in [-0.39, 0.29) is 24.4 Å². The number of carbonyl (C=O) groups excluding carboxylic acids is 1. The standard InChI is InChI=1S/C15H17FN4O3/c1-22-9-14(21)17-6-12-7-20-13(8-23-12)15(18-19-20)10-3-2-4-11(16)5-10/h2-5,12H,6-9H2,1H3,(H,17,21)/t12-/m1/s1. The summed E-state index contributed by atoms with van der Waals surface area (Å²) in [4.78, 5) is 11.4. The molecule has 1 aliphatic heterocycles. The van der Waals surface area contributed by atoms with Gasteiger partial charge < -0.3 is 14.8 Å². The highest BCUT2D eigenvalue weighted by atomic mass is 19.1. The van der Waals surface area contributed by atoms with Crippen molar-refractivity contribution in [2.24, 2.45) is 0 Å². The van der Waals surface area contributed by atoms with Crippen LogP contribution in [0.3, 0.4) is 0 Å². The van der Waals surface area contributed by atoms with Crippen LogP contribution >= 0.6 is 0 Å². The highest BCUT2D eigenvalue weighted by Gasteiger charge is 2.24. The molecular weight excluding hydrogens is 303 g/mol. The summed E-state index contributed by atoms with van der Waals surface area (Å²) in [6, 6.07) is 6.22. The van der Waals surface area contributed by atoms with Gasteiger partial charge in [0.1, 0.15) is 18.1 Å². The van der Waals surface area contributed by atoms with Gasteiger partial charge in [-0.2, -0.15) is 0 Å². The second-order valence-electron chi connectivity index (χ2n) is 5.25. The number of nitrogens with one attached hydrogen (secondary N) is 1. The van der Waals surface area contributed by atoms with Crippen molar-refractivity contribution in [3.8, 4) is 11.3 Å². The van der Waals surface area contributed by atoms with Crippen molar-refractivity contribution < 1.29 is 18.7 Å². The molecule has 8 heteroatoms. The number of nitrogens with zero attached hydrogens (tertiary/aromatic N) is 3. The normalized spacial score (nSPS) is 16.9. The van der Waals surface area contributed by atoms with Crippen molar-refractivity contribution in [1.29, 1.82) is 0 Å². The number of benzene rings is 1. The Labute approximate surface area is 132 Å². The summed E-state index contributed by atoms with van der Waals surface area (Å²) in [6.45, 7) is 1.18. The Morgan fingerprint density at radius 1 is 1.57 bits per heavy atom. The van der Waals surface area contributed by atoms with Gasteiger partial charge in [0.2, 0.25) is 5.91 Å². The second kappa shape index (κ2) is 6.84. The maximum absolute atomic E-state index is 13.4. The molecule has 0 saturated heterocycles. The van der Waals surface area contributed by atoms with Crippen LogP contribution in [0.1, 0.15) is 5.69 Å². The third-order valence-corrected chi connectivity index (χ3v) is 3.57. The average molecular weight is 320 g/mol. The molecule has 0 saturated carbocycles. The van der Waals surface area contributed by atoms with Crippen molar-refractivity contribution >= 4 is 5.91 Å². The minimum Gasteiger partial charge on any atom is -0.375 e. The van der Waals surface area contributed by atoms with Gasteiger partial charge in [-0.05, 0) is 12.1 Å². The number of hydrogen-bond acceptors (Lipinski definition) is 5. The van der Waals surface area contributed by atoms with Crippen molar-refractivity contribution in [3.63, 3.8) is 0 Å². The molecule has 7 nitrogen and oxygen atoms in total. The first-order valence-corrected chi connectivity index (χ1v) is 7.23. The Kier molecular flexibility index (Phi) is 4.63. The lowest BCUT2D eigenvalue weighted by Crippen LogP contribution is -2.40. The summed E-state index contributed by atoms with van der Waals surface area (Å²) in [5.41, 5.74) is 2.09. The predicted octanol–water partition coefficient (Wildman–Crippen LogP) is 0.746. The molecule has 1 aromatic carbocycles. The van der Waals surface area contributed by atoms with E-state index in [1.165, 1.54) is 19.2 Å². The number of ether oxygens (including phenoxy) is 2. The monoisotopic (exact) mass is 320 g/mol. The van der Waals surface area contributed by atoms with E-state index in [0.29, 0.717) is 31.0 Å². The molecule has 0 radical (unpaired) electrons. The molecule has 0 unspecified atom stereocenters. The quantitative estimate of drug-likeness (QED) is 0.879. The van der Waals surface area contributed by atoms with Crippen LogP contribution in [-0.2, 0) is 27.4 Å². The molecule has 0 bridgehead atoms. The Morgan fingerprint density at radius 2 is 2.43 bits per heavy atom. The molecule has 0 spiro atoms. The zero-order valence-corrected chi connectivity index (χ0v) is 12.7. The third kappa shape index (κ3) is 3.54. The number of halogens is 1. The van der Waals surface area contributed by atoms with E-state index >= 15 is 0 Å². The van der Waals surface area contributed by atoms with E-state index in [1.807, 2.05) is 0 Å². The van der Waals surface area contributed by atoms with Gasteiger partial charge >= 0.3 is 0 Å². The molecule has 23 heavy (non-hydrogen) atoms. The minimum absolute atomic E-state index is 0.0189.